The third-order valence-electron chi connectivity index (χ3n) is 3.10. The summed E-state index contributed by atoms with van der Waals surface area (Å²) in [6.45, 7) is 4.22. The molecule has 96 valence electrons. The summed E-state index contributed by atoms with van der Waals surface area (Å²) in [6, 6.07) is 0. The number of nitrogens with one attached hydrogen (secondary N) is 1. The van der Waals surface area contributed by atoms with Gasteiger partial charge in [-0.05, 0) is 13.3 Å². The Bertz CT molecular complexity index is 397. The molecule has 0 aliphatic heterocycles. The molecule has 0 saturated carbocycles. The Morgan fingerprint density at radius 3 is 2.76 bits per heavy atom. The fourth-order valence-corrected chi connectivity index (χ4v) is 1.44. The van der Waals surface area contributed by atoms with Crippen molar-refractivity contribution in [3.8, 4) is 0 Å². The van der Waals surface area contributed by atoms with Crippen LogP contribution in [0.4, 0.5) is 0 Å². The van der Waals surface area contributed by atoms with Crippen LogP contribution in [0.1, 0.15) is 36.3 Å². The number of carbonyl (C=O) groups is 1. The van der Waals surface area contributed by atoms with Crippen molar-refractivity contribution in [1.82, 2.24) is 15.1 Å². The van der Waals surface area contributed by atoms with E-state index in [2.05, 4.69) is 10.4 Å². The van der Waals surface area contributed by atoms with Crippen molar-refractivity contribution in [3.63, 3.8) is 0 Å². The largest absolute Gasteiger partial charge is 0.478 e. The van der Waals surface area contributed by atoms with Crippen LogP contribution in [0.3, 0.4) is 0 Å². The van der Waals surface area contributed by atoms with Gasteiger partial charge in [0.2, 0.25) is 0 Å². The summed E-state index contributed by atoms with van der Waals surface area (Å²) in [5, 5.41) is 25.3. The van der Waals surface area contributed by atoms with Crippen molar-refractivity contribution in [2.45, 2.75) is 32.4 Å². The lowest BCUT2D eigenvalue weighted by Crippen LogP contribution is -2.45. The predicted molar refractivity (Wildman–Crippen MR) is 62.8 cm³/mol. The molecule has 0 spiro atoms. The maximum Gasteiger partial charge on any atom is 0.339 e. The first-order chi connectivity index (χ1) is 7.93. The van der Waals surface area contributed by atoms with Crippen LogP contribution >= 0.6 is 0 Å². The number of hydrogen-bond acceptors (Lipinski definition) is 4. The second kappa shape index (κ2) is 5.29. The van der Waals surface area contributed by atoms with E-state index in [-0.39, 0.29) is 12.2 Å². The molecule has 17 heavy (non-hydrogen) atoms. The maximum absolute atomic E-state index is 11.0. The van der Waals surface area contributed by atoms with Gasteiger partial charge in [-0.2, -0.15) is 5.10 Å². The fraction of sp³-hybridized carbons (Fsp3) is 0.636. The van der Waals surface area contributed by atoms with E-state index in [4.69, 9.17) is 5.11 Å². The van der Waals surface area contributed by atoms with Gasteiger partial charge in [0.25, 0.3) is 0 Å². The summed E-state index contributed by atoms with van der Waals surface area (Å²) >= 11 is 0. The standard InChI is InChI=1S/C11H19N3O3/c1-4-11(2,7-15)12-6-9-8(10(16)17)5-13-14(9)3/h5,12,15H,4,6-7H2,1-3H3,(H,16,17). The molecule has 1 rings (SSSR count). The predicted octanol–water partition coefficient (Wildman–Crippen LogP) is 0.369. The third-order valence-corrected chi connectivity index (χ3v) is 3.10. The molecule has 0 amide bonds. The van der Waals surface area contributed by atoms with Crippen molar-refractivity contribution in [3.05, 3.63) is 17.5 Å². The molecule has 1 heterocycles. The smallest absolute Gasteiger partial charge is 0.339 e. The van der Waals surface area contributed by atoms with Crippen LogP contribution < -0.4 is 5.32 Å². The van der Waals surface area contributed by atoms with Crippen LogP contribution in [0.5, 0.6) is 0 Å². The van der Waals surface area contributed by atoms with E-state index in [0.29, 0.717) is 12.2 Å². The number of aromatic carboxylic acids is 1. The highest BCUT2D eigenvalue weighted by atomic mass is 16.4. The van der Waals surface area contributed by atoms with Crippen LogP contribution in [0.15, 0.2) is 6.20 Å². The molecule has 1 unspecified atom stereocenters. The Morgan fingerprint density at radius 2 is 2.29 bits per heavy atom. The van der Waals surface area contributed by atoms with Gasteiger partial charge in [-0.25, -0.2) is 4.79 Å². The second-order valence-corrected chi connectivity index (χ2v) is 4.36. The van der Waals surface area contributed by atoms with E-state index < -0.39 is 11.5 Å². The first kappa shape index (κ1) is 13.7. The summed E-state index contributed by atoms with van der Waals surface area (Å²) in [5.41, 5.74) is 0.391. The Kier molecular flexibility index (Phi) is 4.25. The highest BCUT2D eigenvalue weighted by molar-refractivity contribution is 5.88. The Hall–Kier alpha value is -1.40. The van der Waals surface area contributed by atoms with E-state index in [0.717, 1.165) is 6.42 Å². The number of nitrogens with zero attached hydrogens (tertiary/aromatic N) is 2. The highest BCUT2D eigenvalue weighted by Gasteiger charge is 2.22. The number of aliphatic hydroxyl groups excluding tert-OH is 1. The minimum atomic E-state index is -0.989. The van der Waals surface area contributed by atoms with Crippen LogP contribution in [0.2, 0.25) is 0 Å². The molecular formula is C11H19N3O3. The summed E-state index contributed by atoms with van der Waals surface area (Å²) in [4.78, 5) is 11.0. The van der Waals surface area contributed by atoms with E-state index in [1.807, 2.05) is 13.8 Å². The normalized spacial score (nSPS) is 14.6. The zero-order valence-corrected chi connectivity index (χ0v) is 10.4. The monoisotopic (exact) mass is 241 g/mol. The molecule has 0 aliphatic carbocycles. The summed E-state index contributed by atoms with van der Waals surface area (Å²) < 4.78 is 1.53. The molecule has 3 N–H and O–H groups in total. The van der Waals surface area contributed by atoms with Gasteiger partial charge in [-0.1, -0.05) is 6.92 Å². The molecule has 0 fully saturated rings. The molecule has 0 radical (unpaired) electrons. The average molecular weight is 241 g/mol. The van der Waals surface area contributed by atoms with E-state index in [1.165, 1.54) is 10.9 Å². The summed E-state index contributed by atoms with van der Waals surface area (Å²) in [7, 11) is 1.70. The van der Waals surface area contributed by atoms with Gasteiger partial charge in [-0.3, -0.25) is 4.68 Å². The van der Waals surface area contributed by atoms with Crippen LogP contribution in [-0.2, 0) is 13.6 Å². The van der Waals surface area contributed by atoms with Gasteiger partial charge in [0.1, 0.15) is 5.56 Å². The fourth-order valence-electron chi connectivity index (χ4n) is 1.44. The van der Waals surface area contributed by atoms with Crippen LogP contribution in [-0.4, -0.2) is 38.1 Å². The molecule has 0 bridgehead atoms. The highest BCUT2D eigenvalue weighted by Crippen LogP contribution is 2.12. The number of rotatable bonds is 6. The molecule has 6 heteroatoms. The molecule has 0 saturated heterocycles. The maximum atomic E-state index is 11.0. The van der Waals surface area contributed by atoms with Gasteiger partial charge < -0.3 is 15.5 Å². The van der Waals surface area contributed by atoms with Gasteiger partial charge in [-0.15, -0.1) is 0 Å². The second-order valence-electron chi connectivity index (χ2n) is 4.36. The SMILES string of the molecule is CCC(C)(CO)NCc1c(C(=O)O)cnn1C. The number of hydrogen-bond donors (Lipinski definition) is 3. The minimum absolute atomic E-state index is 0.00373. The zero-order valence-electron chi connectivity index (χ0n) is 10.4. The molecule has 6 nitrogen and oxygen atoms in total. The van der Waals surface area contributed by atoms with Crippen molar-refractivity contribution in [2.75, 3.05) is 6.61 Å². The molecule has 1 atom stereocenters. The number of aliphatic hydroxyl groups is 1. The number of carboxylic acid groups (broad SMARTS) is 1. The van der Waals surface area contributed by atoms with Crippen LogP contribution in [0, 0.1) is 0 Å². The number of aryl methyl sites for hydroxylation is 1. The lowest BCUT2D eigenvalue weighted by atomic mass is 10.00. The number of carboxylic acids is 1. The van der Waals surface area contributed by atoms with Gasteiger partial charge in [0.15, 0.2) is 0 Å². The lowest BCUT2D eigenvalue weighted by Gasteiger charge is -2.27. The Labute approximate surface area is 100 Å². The van der Waals surface area contributed by atoms with Crippen molar-refractivity contribution < 1.29 is 15.0 Å². The molecular weight excluding hydrogens is 222 g/mol. The van der Waals surface area contributed by atoms with Crippen molar-refractivity contribution >= 4 is 5.97 Å². The van der Waals surface area contributed by atoms with Gasteiger partial charge >= 0.3 is 5.97 Å². The quantitative estimate of drug-likeness (QED) is 0.669. The van der Waals surface area contributed by atoms with E-state index in [1.54, 1.807) is 7.05 Å². The summed E-state index contributed by atoms with van der Waals surface area (Å²) in [6.07, 6.45) is 2.09. The van der Waals surface area contributed by atoms with E-state index in [9.17, 15) is 9.90 Å². The van der Waals surface area contributed by atoms with E-state index >= 15 is 0 Å². The van der Waals surface area contributed by atoms with Crippen molar-refractivity contribution in [2.24, 2.45) is 7.05 Å². The average Bonchev–Trinajstić information content (AvgIpc) is 2.68. The first-order valence-electron chi connectivity index (χ1n) is 5.53. The lowest BCUT2D eigenvalue weighted by molar-refractivity contribution is 0.0695. The first-order valence-corrected chi connectivity index (χ1v) is 5.53. The van der Waals surface area contributed by atoms with Gasteiger partial charge in [0.05, 0.1) is 18.5 Å². The summed E-state index contributed by atoms with van der Waals surface area (Å²) in [5.74, 6) is -0.989. The Balaban J connectivity index is 2.82. The topological polar surface area (TPSA) is 87.4 Å². The molecule has 1 aromatic rings. The third kappa shape index (κ3) is 3.04. The Morgan fingerprint density at radius 1 is 1.65 bits per heavy atom. The van der Waals surface area contributed by atoms with Crippen LogP contribution in [0.25, 0.3) is 0 Å². The number of aromatic nitrogens is 2. The molecule has 0 aliphatic rings. The van der Waals surface area contributed by atoms with Crippen molar-refractivity contribution in [1.29, 1.82) is 0 Å². The molecule has 0 aromatic carbocycles. The zero-order chi connectivity index (χ0) is 13.1. The minimum Gasteiger partial charge on any atom is -0.478 e. The molecule has 1 aromatic heterocycles. The van der Waals surface area contributed by atoms with Gasteiger partial charge in [0, 0.05) is 19.1 Å².